The highest BCUT2D eigenvalue weighted by molar-refractivity contribution is 7.92. The van der Waals surface area contributed by atoms with E-state index in [9.17, 15) is 8.42 Å². The molecule has 6 nitrogen and oxygen atoms in total. The number of aryl methyl sites for hydroxylation is 2. The average molecular weight is 391 g/mol. The smallest absolute Gasteiger partial charge is 0.262 e. The number of sulfonamides is 1. The van der Waals surface area contributed by atoms with Gasteiger partial charge in [0.05, 0.1) is 16.3 Å². The minimum Gasteiger partial charge on any atom is -0.277 e. The zero-order valence-electron chi connectivity index (χ0n) is 14.9. The number of anilines is 1. The van der Waals surface area contributed by atoms with Crippen LogP contribution in [0.5, 0.6) is 0 Å². The van der Waals surface area contributed by atoms with Gasteiger partial charge < -0.3 is 0 Å². The van der Waals surface area contributed by atoms with E-state index >= 15 is 0 Å². The predicted octanol–water partition coefficient (Wildman–Crippen LogP) is 3.96. The summed E-state index contributed by atoms with van der Waals surface area (Å²) in [6.45, 7) is 7.43. The van der Waals surface area contributed by atoms with Gasteiger partial charge in [0, 0.05) is 5.02 Å². The Morgan fingerprint density at radius 2 is 1.69 bits per heavy atom. The third-order valence-corrected chi connectivity index (χ3v) is 6.31. The Kier molecular flexibility index (Phi) is 4.77. The molecule has 0 saturated carbocycles. The molecule has 0 aliphatic rings. The molecule has 0 aliphatic heterocycles. The SMILES string of the molecule is Cc1cc(C)c(C)c(S(=O)(=O)Nc2cc(Cl)ccc2-n2cncn2)c1C. The summed E-state index contributed by atoms with van der Waals surface area (Å²) in [5.41, 5.74) is 4.18. The summed E-state index contributed by atoms with van der Waals surface area (Å²) in [5, 5.41) is 4.49. The van der Waals surface area contributed by atoms with Crippen LogP contribution in [0.3, 0.4) is 0 Å². The van der Waals surface area contributed by atoms with Gasteiger partial charge in [0.25, 0.3) is 10.0 Å². The molecule has 0 fully saturated rings. The second kappa shape index (κ2) is 6.74. The monoisotopic (exact) mass is 390 g/mol. The van der Waals surface area contributed by atoms with E-state index in [4.69, 9.17) is 11.6 Å². The molecule has 3 aromatic rings. The Bertz CT molecular complexity index is 1050. The molecule has 136 valence electrons. The molecule has 0 saturated heterocycles. The van der Waals surface area contributed by atoms with Crippen molar-refractivity contribution in [2.24, 2.45) is 0 Å². The number of halogens is 1. The Hall–Kier alpha value is -2.38. The number of nitrogens with one attached hydrogen (secondary N) is 1. The van der Waals surface area contributed by atoms with Gasteiger partial charge in [0.2, 0.25) is 0 Å². The molecule has 26 heavy (non-hydrogen) atoms. The van der Waals surface area contributed by atoms with Gasteiger partial charge in [-0.3, -0.25) is 4.72 Å². The van der Waals surface area contributed by atoms with Gasteiger partial charge in [-0.25, -0.2) is 18.1 Å². The van der Waals surface area contributed by atoms with Gasteiger partial charge in [-0.15, -0.1) is 0 Å². The molecule has 0 bridgehead atoms. The summed E-state index contributed by atoms with van der Waals surface area (Å²) in [6, 6.07) is 6.91. The van der Waals surface area contributed by atoms with Crippen molar-refractivity contribution in [3.63, 3.8) is 0 Å². The van der Waals surface area contributed by atoms with Crippen LogP contribution in [0.15, 0.2) is 41.8 Å². The van der Waals surface area contributed by atoms with Gasteiger partial charge in [0.15, 0.2) is 0 Å². The first-order chi connectivity index (χ1) is 12.2. The van der Waals surface area contributed by atoms with E-state index in [0.717, 1.165) is 22.3 Å². The van der Waals surface area contributed by atoms with Crippen molar-refractivity contribution < 1.29 is 8.42 Å². The van der Waals surface area contributed by atoms with E-state index in [-0.39, 0.29) is 0 Å². The number of hydrogen-bond acceptors (Lipinski definition) is 4. The van der Waals surface area contributed by atoms with Gasteiger partial charge in [0.1, 0.15) is 12.7 Å². The number of aromatic nitrogens is 3. The van der Waals surface area contributed by atoms with E-state index in [1.54, 1.807) is 18.2 Å². The summed E-state index contributed by atoms with van der Waals surface area (Å²) >= 11 is 6.09. The maximum Gasteiger partial charge on any atom is 0.262 e. The lowest BCUT2D eigenvalue weighted by molar-refractivity contribution is 0.599. The summed E-state index contributed by atoms with van der Waals surface area (Å²) in [7, 11) is -3.82. The Morgan fingerprint density at radius 1 is 1.04 bits per heavy atom. The first-order valence-corrected chi connectivity index (χ1v) is 9.81. The minimum absolute atomic E-state index is 0.291. The molecule has 3 rings (SSSR count). The number of nitrogens with zero attached hydrogens (tertiary/aromatic N) is 3. The lowest BCUT2D eigenvalue weighted by atomic mass is 10.0. The van der Waals surface area contributed by atoms with Gasteiger partial charge in [-0.2, -0.15) is 5.10 Å². The molecule has 1 N–H and O–H groups in total. The molecular formula is C18H19ClN4O2S. The van der Waals surface area contributed by atoms with Crippen LogP contribution in [0.2, 0.25) is 5.02 Å². The van der Waals surface area contributed by atoms with Crippen molar-refractivity contribution in [3.05, 3.63) is 64.2 Å². The Labute approximate surface area is 157 Å². The largest absolute Gasteiger partial charge is 0.277 e. The van der Waals surface area contributed by atoms with E-state index in [1.165, 1.54) is 17.3 Å². The topological polar surface area (TPSA) is 76.9 Å². The fourth-order valence-electron chi connectivity index (χ4n) is 2.90. The normalized spacial score (nSPS) is 11.6. The van der Waals surface area contributed by atoms with E-state index < -0.39 is 10.0 Å². The molecule has 0 atom stereocenters. The van der Waals surface area contributed by atoms with Crippen LogP contribution in [0, 0.1) is 27.7 Å². The lowest BCUT2D eigenvalue weighted by Gasteiger charge is -2.18. The van der Waals surface area contributed by atoms with Gasteiger partial charge in [-0.1, -0.05) is 17.7 Å². The van der Waals surface area contributed by atoms with Crippen molar-refractivity contribution in [3.8, 4) is 5.69 Å². The maximum absolute atomic E-state index is 13.2. The lowest BCUT2D eigenvalue weighted by Crippen LogP contribution is -2.18. The minimum atomic E-state index is -3.82. The van der Waals surface area contributed by atoms with Crippen molar-refractivity contribution in [2.45, 2.75) is 32.6 Å². The van der Waals surface area contributed by atoms with Crippen LogP contribution in [0.25, 0.3) is 5.69 Å². The number of benzene rings is 2. The first-order valence-electron chi connectivity index (χ1n) is 7.95. The third kappa shape index (κ3) is 3.32. The van der Waals surface area contributed by atoms with E-state index in [0.29, 0.717) is 21.3 Å². The highest BCUT2D eigenvalue weighted by Crippen LogP contribution is 2.30. The second-order valence-electron chi connectivity index (χ2n) is 6.20. The van der Waals surface area contributed by atoms with E-state index in [1.807, 2.05) is 33.8 Å². The fourth-order valence-corrected chi connectivity index (χ4v) is 4.76. The van der Waals surface area contributed by atoms with Crippen LogP contribution >= 0.6 is 11.6 Å². The summed E-state index contributed by atoms with van der Waals surface area (Å²) in [6.07, 6.45) is 2.87. The average Bonchev–Trinajstić information content (AvgIpc) is 3.07. The van der Waals surface area contributed by atoms with Crippen molar-refractivity contribution in [1.82, 2.24) is 14.8 Å². The van der Waals surface area contributed by atoms with Crippen molar-refractivity contribution >= 4 is 27.3 Å². The van der Waals surface area contributed by atoms with Crippen molar-refractivity contribution in [2.75, 3.05) is 4.72 Å². The maximum atomic E-state index is 13.2. The molecular weight excluding hydrogens is 372 g/mol. The zero-order chi connectivity index (χ0) is 19.1. The van der Waals surface area contributed by atoms with Gasteiger partial charge in [-0.05, 0) is 68.1 Å². The third-order valence-electron chi connectivity index (χ3n) is 4.43. The molecule has 0 spiro atoms. The first kappa shape index (κ1) is 18.4. The van der Waals surface area contributed by atoms with Crippen LogP contribution in [-0.2, 0) is 10.0 Å². The Morgan fingerprint density at radius 3 is 2.27 bits per heavy atom. The zero-order valence-corrected chi connectivity index (χ0v) is 16.5. The highest BCUT2D eigenvalue weighted by Gasteiger charge is 2.23. The fraction of sp³-hybridized carbons (Fsp3) is 0.222. The molecule has 0 amide bonds. The molecule has 2 aromatic carbocycles. The van der Waals surface area contributed by atoms with Crippen LogP contribution < -0.4 is 4.72 Å². The molecule has 1 heterocycles. The standard InChI is InChI=1S/C18H19ClN4O2S/c1-11-7-12(2)14(4)18(13(11)3)26(24,25)22-16-8-15(19)5-6-17(16)23-10-20-9-21-23/h5-10,22H,1-4H3. The second-order valence-corrected chi connectivity index (χ2v) is 8.25. The summed E-state index contributed by atoms with van der Waals surface area (Å²) in [5.74, 6) is 0. The molecule has 0 aliphatic carbocycles. The number of hydrogen-bond donors (Lipinski definition) is 1. The van der Waals surface area contributed by atoms with Crippen LogP contribution in [0.4, 0.5) is 5.69 Å². The van der Waals surface area contributed by atoms with E-state index in [2.05, 4.69) is 14.8 Å². The predicted molar refractivity (Wildman–Crippen MR) is 103 cm³/mol. The van der Waals surface area contributed by atoms with Crippen LogP contribution in [0.1, 0.15) is 22.3 Å². The van der Waals surface area contributed by atoms with Crippen LogP contribution in [-0.4, -0.2) is 23.2 Å². The summed E-state index contributed by atoms with van der Waals surface area (Å²) < 4.78 is 30.5. The molecule has 0 unspecified atom stereocenters. The van der Waals surface area contributed by atoms with Crippen molar-refractivity contribution in [1.29, 1.82) is 0 Å². The molecule has 8 heteroatoms. The Balaban J connectivity index is 2.15. The number of rotatable bonds is 4. The summed E-state index contributed by atoms with van der Waals surface area (Å²) in [4.78, 5) is 4.20. The molecule has 1 aromatic heterocycles. The highest BCUT2D eigenvalue weighted by atomic mass is 35.5. The van der Waals surface area contributed by atoms with Gasteiger partial charge >= 0.3 is 0 Å². The molecule has 0 radical (unpaired) electrons. The quantitative estimate of drug-likeness (QED) is 0.731.